The minimum absolute atomic E-state index is 0.0932. The number of carbonyl (C=O) groups excluding carboxylic acids is 1. The molecule has 0 aromatic heterocycles. The molecule has 0 rings (SSSR count). The highest BCUT2D eigenvalue weighted by molar-refractivity contribution is 5.75. The van der Waals surface area contributed by atoms with Crippen molar-refractivity contribution in [2.45, 2.75) is 25.9 Å². The van der Waals surface area contributed by atoms with Crippen LogP contribution in [-0.4, -0.2) is 37.8 Å². The maximum absolute atomic E-state index is 11.3. The van der Waals surface area contributed by atoms with E-state index in [1.165, 1.54) is 12.2 Å². The molecule has 12 heavy (non-hydrogen) atoms. The summed E-state index contributed by atoms with van der Waals surface area (Å²) in [5.41, 5.74) is -0.427. The van der Waals surface area contributed by atoms with Crippen LogP contribution in [0.25, 0.3) is 0 Å². The Bertz CT molecular complexity index is 156. The van der Waals surface area contributed by atoms with Gasteiger partial charge in [-0.1, -0.05) is 0 Å². The molecule has 0 aliphatic carbocycles. The molecule has 72 valence electrons. The quantitative estimate of drug-likeness (QED) is 0.594. The van der Waals surface area contributed by atoms with E-state index >= 15 is 0 Å². The molecule has 0 heterocycles. The zero-order valence-corrected chi connectivity index (χ0v) is 8.38. The second kappa shape index (κ2) is 4.42. The Morgan fingerprint density at radius 1 is 1.42 bits per heavy atom. The van der Waals surface area contributed by atoms with Crippen molar-refractivity contribution in [1.82, 2.24) is 5.06 Å². The lowest BCUT2D eigenvalue weighted by Gasteiger charge is -2.24. The van der Waals surface area contributed by atoms with Crippen molar-refractivity contribution >= 4 is 5.91 Å². The lowest BCUT2D eigenvalue weighted by molar-refractivity contribution is -0.173. The van der Waals surface area contributed by atoms with Crippen molar-refractivity contribution in [2.75, 3.05) is 21.3 Å². The SMILES string of the molecule is CON(C)C(=O)CC(C)(C)OC. The number of hydrogen-bond acceptors (Lipinski definition) is 3. The highest BCUT2D eigenvalue weighted by Crippen LogP contribution is 2.13. The maximum Gasteiger partial charge on any atom is 0.248 e. The first-order valence-electron chi connectivity index (χ1n) is 3.79. The summed E-state index contributed by atoms with van der Waals surface area (Å²) < 4.78 is 5.10. The molecule has 0 saturated carbocycles. The van der Waals surface area contributed by atoms with Gasteiger partial charge in [-0.2, -0.15) is 0 Å². The van der Waals surface area contributed by atoms with Crippen LogP contribution >= 0.6 is 0 Å². The van der Waals surface area contributed by atoms with Crippen LogP contribution in [0.4, 0.5) is 0 Å². The molecule has 0 unspecified atom stereocenters. The van der Waals surface area contributed by atoms with Gasteiger partial charge in [-0.05, 0) is 13.8 Å². The van der Waals surface area contributed by atoms with Crippen molar-refractivity contribution in [2.24, 2.45) is 0 Å². The Morgan fingerprint density at radius 3 is 2.25 bits per heavy atom. The van der Waals surface area contributed by atoms with Crippen LogP contribution in [-0.2, 0) is 14.4 Å². The van der Waals surface area contributed by atoms with E-state index in [1.807, 2.05) is 13.8 Å². The lowest BCUT2D eigenvalue weighted by Crippen LogP contribution is -2.34. The molecular weight excluding hydrogens is 158 g/mol. The molecule has 0 fully saturated rings. The molecule has 0 aliphatic rings. The Balaban J connectivity index is 4.00. The Kier molecular flexibility index (Phi) is 4.20. The summed E-state index contributed by atoms with van der Waals surface area (Å²) >= 11 is 0. The third-order valence-corrected chi connectivity index (χ3v) is 1.75. The summed E-state index contributed by atoms with van der Waals surface area (Å²) in [7, 11) is 4.62. The zero-order chi connectivity index (χ0) is 9.78. The van der Waals surface area contributed by atoms with Crippen LogP contribution in [0.2, 0.25) is 0 Å². The average Bonchev–Trinajstić information content (AvgIpc) is 2.02. The fraction of sp³-hybridized carbons (Fsp3) is 0.875. The molecule has 0 bridgehead atoms. The maximum atomic E-state index is 11.3. The summed E-state index contributed by atoms with van der Waals surface area (Å²) in [4.78, 5) is 16.0. The molecule has 0 N–H and O–H groups in total. The largest absolute Gasteiger partial charge is 0.378 e. The molecule has 0 spiro atoms. The van der Waals surface area contributed by atoms with Crippen LogP contribution < -0.4 is 0 Å². The first-order chi connectivity index (χ1) is 5.43. The van der Waals surface area contributed by atoms with Gasteiger partial charge >= 0.3 is 0 Å². The molecule has 0 atom stereocenters. The van der Waals surface area contributed by atoms with Crippen LogP contribution in [0.3, 0.4) is 0 Å². The van der Waals surface area contributed by atoms with E-state index < -0.39 is 5.60 Å². The Morgan fingerprint density at radius 2 is 1.92 bits per heavy atom. The van der Waals surface area contributed by atoms with Crippen molar-refractivity contribution < 1.29 is 14.4 Å². The van der Waals surface area contributed by atoms with Crippen molar-refractivity contribution in [3.8, 4) is 0 Å². The summed E-state index contributed by atoms with van der Waals surface area (Å²) in [6.45, 7) is 3.71. The summed E-state index contributed by atoms with van der Waals surface area (Å²) in [5.74, 6) is -0.0932. The van der Waals surface area contributed by atoms with Gasteiger partial charge < -0.3 is 4.74 Å². The van der Waals surface area contributed by atoms with E-state index in [4.69, 9.17) is 9.57 Å². The summed E-state index contributed by atoms with van der Waals surface area (Å²) in [6.07, 6.45) is 0.313. The summed E-state index contributed by atoms with van der Waals surface area (Å²) in [6, 6.07) is 0. The van der Waals surface area contributed by atoms with Crippen LogP contribution in [0.1, 0.15) is 20.3 Å². The van der Waals surface area contributed by atoms with E-state index in [0.29, 0.717) is 6.42 Å². The van der Waals surface area contributed by atoms with Gasteiger partial charge in [0, 0.05) is 14.2 Å². The second-order valence-corrected chi connectivity index (χ2v) is 3.21. The minimum atomic E-state index is -0.427. The number of hydrogen-bond donors (Lipinski definition) is 0. The number of ether oxygens (including phenoxy) is 1. The number of hydroxylamine groups is 2. The third-order valence-electron chi connectivity index (χ3n) is 1.75. The van der Waals surface area contributed by atoms with E-state index in [0.717, 1.165) is 0 Å². The number of carbonyl (C=O) groups is 1. The molecular formula is C8H17NO3. The molecule has 4 heteroatoms. The second-order valence-electron chi connectivity index (χ2n) is 3.21. The predicted octanol–water partition coefficient (Wildman–Crippen LogP) is 0.821. The van der Waals surface area contributed by atoms with E-state index in [2.05, 4.69) is 0 Å². The third kappa shape index (κ3) is 3.69. The van der Waals surface area contributed by atoms with Crippen LogP contribution in [0, 0.1) is 0 Å². The van der Waals surface area contributed by atoms with E-state index in [9.17, 15) is 4.79 Å². The minimum Gasteiger partial charge on any atom is -0.378 e. The highest BCUT2D eigenvalue weighted by atomic mass is 16.7. The van der Waals surface area contributed by atoms with E-state index in [1.54, 1.807) is 14.2 Å². The molecule has 0 aliphatic heterocycles. The smallest absolute Gasteiger partial charge is 0.248 e. The van der Waals surface area contributed by atoms with Crippen LogP contribution in [0.15, 0.2) is 0 Å². The van der Waals surface area contributed by atoms with Gasteiger partial charge in [0.15, 0.2) is 0 Å². The van der Waals surface area contributed by atoms with Gasteiger partial charge in [0.2, 0.25) is 5.91 Å². The lowest BCUT2D eigenvalue weighted by atomic mass is 10.1. The predicted molar refractivity (Wildman–Crippen MR) is 45.5 cm³/mol. The Labute approximate surface area is 73.4 Å². The molecule has 0 aromatic carbocycles. The monoisotopic (exact) mass is 175 g/mol. The Hall–Kier alpha value is -0.610. The molecule has 4 nitrogen and oxygen atoms in total. The van der Waals surface area contributed by atoms with Crippen molar-refractivity contribution in [3.05, 3.63) is 0 Å². The molecule has 0 radical (unpaired) electrons. The van der Waals surface area contributed by atoms with Crippen molar-refractivity contribution in [1.29, 1.82) is 0 Å². The van der Waals surface area contributed by atoms with Gasteiger partial charge in [0.05, 0.1) is 19.1 Å². The normalized spacial score (nSPS) is 11.4. The zero-order valence-electron chi connectivity index (χ0n) is 8.38. The van der Waals surface area contributed by atoms with Gasteiger partial charge in [0.1, 0.15) is 0 Å². The number of nitrogens with zero attached hydrogens (tertiary/aromatic N) is 1. The number of rotatable bonds is 4. The topological polar surface area (TPSA) is 38.8 Å². The molecule has 0 saturated heterocycles. The van der Waals surface area contributed by atoms with Gasteiger partial charge in [-0.15, -0.1) is 0 Å². The molecule has 1 amide bonds. The van der Waals surface area contributed by atoms with E-state index in [-0.39, 0.29) is 5.91 Å². The fourth-order valence-corrected chi connectivity index (χ4v) is 0.650. The molecule has 0 aromatic rings. The van der Waals surface area contributed by atoms with Gasteiger partial charge in [-0.25, -0.2) is 5.06 Å². The first-order valence-corrected chi connectivity index (χ1v) is 3.79. The highest BCUT2D eigenvalue weighted by Gasteiger charge is 2.23. The standard InChI is InChI=1S/C8H17NO3/c1-8(2,11-4)6-7(10)9(3)12-5/h6H2,1-5H3. The number of methoxy groups -OCH3 is 1. The average molecular weight is 175 g/mol. The first kappa shape index (κ1) is 11.4. The number of amides is 1. The van der Waals surface area contributed by atoms with Crippen molar-refractivity contribution in [3.63, 3.8) is 0 Å². The fourth-order valence-electron chi connectivity index (χ4n) is 0.650. The van der Waals surface area contributed by atoms with Gasteiger partial charge in [0.25, 0.3) is 0 Å². The van der Waals surface area contributed by atoms with Gasteiger partial charge in [-0.3, -0.25) is 9.63 Å². The summed E-state index contributed by atoms with van der Waals surface area (Å²) in [5, 5.41) is 1.20. The van der Waals surface area contributed by atoms with Crippen LogP contribution in [0.5, 0.6) is 0 Å².